The van der Waals surface area contributed by atoms with E-state index in [9.17, 15) is 9.59 Å². The van der Waals surface area contributed by atoms with Gasteiger partial charge in [-0.25, -0.2) is 9.59 Å². The highest BCUT2D eigenvalue weighted by atomic mass is 16.6. The van der Waals surface area contributed by atoms with Gasteiger partial charge in [0.1, 0.15) is 6.61 Å². The fourth-order valence-electron chi connectivity index (χ4n) is 4.23. The fourth-order valence-corrected chi connectivity index (χ4v) is 4.23. The Bertz CT molecular complexity index is 949. The van der Waals surface area contributed by atoms with Gasteiger partial charge in [-0.15, -0.1) is 0 Å². The van der Waals surface area contributed by atoms with E-state index in [-0.39, 0.29) is 11.9 Å². The number of hydrogen-bond donors (Lipinski definition) is 0. The Hall–Kier alpha value is -2.82. The van der Waals surface area contributed by atoms with E-state index in [1.807, 2.05) is 19.1 Å². The summed E-state index contributed by atoms with van der Waals surface area (Å²) in [7, 11) is 0. The number of ether oxygens (including phenoxy) is 2. The molecule has 0 N–H and O–H groups in total. The Balaban J connectivity index is 1.75. The molecule has 0 amide bonds. The van der Waals surface area contributed by atoms with E-state index < -0.39 is 6.10 Å². The lowest BCUT2D eigenvalue weighted by atomic mass is 9.86. The highest BCUT2D eigenvalue weighted by Crippen LogP contribution is 2.44. The van der Waals surface area contributed by atoms with E-state index in [2.05, 4.69) is 0 Å². The van der Waals surface area contributed by atoms with Gasteiger partial charge in [0.15, 0.2) is 6.10 Å². The van der Waals surface area contributed by atoms with Crippen LogP contribution in [0.1, 0.15) is 57.1 Å². The summed E-state index contributed by atoms with van der Waals surface area (Å²) in [6, 6.07) is 3.71. The maximum absolute atomic E-state index is 12.5. The molecule has 1 aromatic carbocycles. The van der Waals surface area contributed by atoms with Gasteiger partial charge in [-0.3, -0.25) is 0 Å². The van der Waals surface area contributed by atoms with E-state index in [4.69, 9.17) is 13.9 Å². The third-order valence-electron chi connectivity index (χ3n) is 5.45. The Morgan fingerprint density at radius 2 is 1.96 bits per heavy atom. The van der Waals surface area contributed by atoms with Crippen LogP contribution in [0.5, 0.6) is 0 Å². The van der Waals surface area contributed by atoms with E-state index in [1.54, 1.807) is 12.5 Å². The van der Waals surface area contributed by atoms with E-state index in [0.29, 0.717) is 12.2 Å². The lowest BCUT2D eigenvalue weighted by Crippen LogP contribution is -2.06. The van der Waals surface area contributed by atoms with Crippen molar-refractivity contribution in [1.29, 1.82) is 0 Å². The van der Waals surface area contributed by atoms with Crippen molar-refractivity contribution in [2.45, 2.75) is 32.3 Å². The first-order chi connectivity index (χ1) is 12.1. The summed E-state index contributed by atoms with van der Waals surface area (Å²) < 4.78 is 16.0. The van der Waals surface area contributed by atoms with Gasteiger partial charge in [0.25, 0.3) is 0 Å². The van der Waals surface area contributed by atoms with Crippen molar-refractivity contribution in [2.75, 3.05) is 6.61 Å². The Morgan fingerprint density at radius 1 is 1.08 bits per heavy atom. The monoisotopic (exact) mass is 336 g/mol. The van der Waals surface area contributed by atoms with Crippen LogP contribution < -0.4 is 0 Å². The molecule has 0 bridgehead atoms. The van der Waals surface area contributed by atoms with E-state index in [1.165, 1.54) is 5.56 Å². The second-order valence-electron chi connectivity index (χ2n) is 6.72. The number of furan rings is 1. The molecular weight excluding hydrogens is 320 g/mol. The average Bonchev–Trinajstić information content (AvgIpc) is 3.28. The topological polar surface area (TPSA) is 65.7 Å². The number of cyclic esters (lactones) is 2. The molecular formula is C20H16O5. The molecule has 0 saturated carbocycles. The first-order valence-electron chi connectivity index (χ1n) is 8.44. The molecule has 5 nitrogen and oxygen atoms in total. The lowest BCUT2D eigenvalue weighted by Gasteiger charge is -2.17. The summed E-state index contributed by atoms with van der Waals surface area (Å²) in [6.45, 7) is 2.33. The van der Waals surface area contributed by atoms with Gasteiger partial charge < -0.3 is 13.9 Å². The minimum atomic E-state index is -0.426. The lowest BCUT2D eigenvalue weighted by molar-refractivity contribution is -0.136. The van der Waals surface area contributed by atoms with Crippen LogP contribution in [-0.4, -0.2) is 18.5 Å². The number of carbonyl (C=O) groups excluding carboxylic acids is 2. The van der Waals surface area contributed by atoms with Gasteiger partial charge in [0, 0.05) is 22.3 Å². The quantitative estimate of drug-likeness (QED) is 0.746. The van der Waals surface area contributed by atoms with Crippen molar-refractivity contribution >= 4 is 17.5 Å². The van der Waals surface area contributed by atoms with E-state index in [0.717, 1.165) is 52.7 Å². The van der Waals surface area contributed by atoms with Gasteiger partial charge in [-0.1, -0.05) is 0 Å². The predicted octanol–water partition coefficient (Wildman–Crippen LogP) is 3.49. The molecule has 3 aliphatic rings. The van der Waals surface area contributed by atoms with Gasteiger partial charge in [0.05, 0.1) is 18.1 Å². The van der Waals surface area contributed by atoms with Crippen molar-refractivity contribution in [3.63, 3.8) is 0 Å². The molecule has 2 aromatic rings. The summed E-state index contributed by atoms with van der Waals surface area (Å²) in [4.78, 5) is 24.5. The summed E-state index contributed by atoms with van der Waals surface area (Å²) in [5.41, 5.74) is 7.25. The molecule has 0 radical (unpaired) electrons. The molecule has 1 atom stereocenters. The van der Waals surface area contributed by atoms with Crippen molar-refractivity contribution < 1.29 is 23.5 Å². The van der Waals surface area contributed by atoms with Gasteiger partial charge in [-0.05, 0) is 55.0 Å². The SMILES string of the molecule is Cc1c2c(cc3c1[C@H](c1ccoc1)OC3=O)C1=C(CCC2)C(=O)OC1. The third-order valence-corrected chi connectivity index (χ3v) is 5.45. The zero-order valence-electron chi connectivity index (χ0n) is 13.8. The number of rotatable bonds is 1. The smallest absolute Gasteiger partial charge is 0.339 e. The molecule has 0 saturated heterocycles. The molecule has 25 heavy (non-hydrogen) atoms. The largest absolute Gasteiger partial charge is 0.472 e. The van der Waals surface area contributed by atoms with Crippen LogP contribution in [0.25, 0.3) is 5.57 Å². The number of benzene rings is 1. The van der Waals surface area contributed by atoms with Crippen molar-refractivity contribution in [2.24, 2.45) is 0 Å². The molecule has 2 aliphatic heterocycles. The predicted molar refractivity (Wildman–Crippen MR) is 88.0 cm³/mol. The van der Waals surface area contributed by atoms with Crippen LogP contribution in [0.4, 0.5) is 0 Å². The molecule has 1 aromatic heterocycles. The number of esters is 2. The van der Waals surface area contributed by atoms with Crippen molar-refractivity contribution in [3.8, 4) is 0 Å². The molecule has 0 spiro atoms. The first kappa shape index (κ1) is 14.5. The molecule has 3 heterocycles. The van der Waals surface area contributed by atoms with Crippen LogP contribution >= 0.6 is 0 Å². The molecule has 0 fully saturated rings. The fraction of sp³-hybridized carbons (Fsp3) is 0.300. The van der Waals surface area contributed by atoms with Crippen LogP contribution in [0.15, 0.2) is 34.6 Å². The van der Waals surface area contributed by atoms with Crippen molar-refractivity contribution in [3.05, 3.63) is 63.6 Å². The number of carbonyl (C=O) groups is 2. The van der Waals surface area contributed by atoms with E-state index >= 15 is 0 Å². The zero-order chi connectivity index (χ0) is 17.1. The first-order valence-corrected chi connectivity index (χ1v) is 8.44. The van der Waals surface area contributed by atoms with Gasteiger partial charge in [-0.2, -0.15) is 0 Å². The summed E-state index contributed by atoms with van der Waals surface area (Å²) >= 11 is 0. The highest BCUT2D eigenvalue weighted by Gasteiger charge is 2.38. The normalized spacial score (nSPS) is 21.4. The summed E-state index contributed by atoms with van der Waals surface area (Å²) in [6.07, 6.45) is 5.26. The molecule has 1 aliphatic carbocycles. The second-order valence-corrected chi connectivity index (χ2v) is 6.72. The molecule has 126 valence electrons. The van der Waals surface area contributed by atoms with Gasteiger partial charge in [0.2, 0.25) is 0 Å². The standard InChI is InChI=1S/C20H16O5/c1-10-12-3-2-4-13-16(9-24-19(13)21)14(12)7-15-17(10)18(25-20(15)22)11-5-6-23-8-11/h5-8,18H,2-4,9H2,1H3/t18-/m0/s1. The Morgan fingerprint density at radius 3 is 2.76 bits per heavy atom. The number of fused-ring (bicyclic) bond motifs is 3. The Kier molecular flexibility index (Phi) is 2.95. The zero-order valence-corrected chi connectivity index (χ0v) is 13.8. The summed E-state index contributed by atoms with van der Waals surface area (Å²) in [5.74, 6) is -0.552. The third kappa shape index (κ3) is 1.95. The van der Waals surface area contributed by atoms with Gasteiger partial charge >= 0.3 is 11.9 Å². The molecule has 0 unspecified atom stereocenters. The minimum absolute atomic E-state index is 0.222. The minimum Gasteiger partial charge on any atom is -0.472 e. The summed E-state index contributed by atoms with van der Waals surface area (Å²) in [5, 5.41) is 0. The highest BCUT2D eigenvalue weighted by molar-refractivity contribution is 6.04. The number of hydrogen-bond acceptors (Lipinski definition) is 5. The van der Waals surface area contributed by atoms with Crippen LogP contribution in [0.3, 0.4) is 0 Å². The van der Waals surface area contributed by atoms with Crippen LogP contribution in [0.2, 0.25) is 0 Å². The average molecular weight is 336 g/mol. The maximum Gasteiger partial charge on any atom is 0.339 e. The van der Waals surface area contributed by atoms with Crippen LogP contribution in [0, 0.1) is 6.92 Å². The molecule has 5 heteroatoms. The Labute approximate surface area is 144 Å². The van der Waals surface area contributed by atoms with Crippen LogP contribution in [-0.2, 0) is 20.7 Å². The second kappa shape index (κ2) is 5.09. The maximum atomic E-state index is 12.5. The molecule has 5 rings (SSSR count). The van der Waals surface area contributed by atoms with Crippen molar-refractivity contribution in [1.82, 2.24) is 0 Å².